The number of nitrogens with zero attached hydrogens (tertiary/aromatic N) is 4. The van der Waals surface area contributed by atoms with E-state index in [1.54, 1.807) is 24.3 Å². The van der Waals surface area contributed by atoms with Crippen molar-refractivity contribution < 1.29 is 30.8 Å². The van der Waals surface area contributed by atoms with Crippen LogP contribution in [0.4, 0.5) is 13.2 Å². The Morgan fingerprint density at radius 3 is 2.34 bits per heavy atom. The molecule has 4 rings (SSSR count). The fraction of sp³-hybridized carbons (Fsp3) is 0.529. The van der Waals surface area contributed by atoms with Crippen molar-refractivity contribution in [2.45, 2.75) is 31.6 Å². The largest absolute Gasteiger partial charge is 0.471 e. The van der Waals surface area contributed by atoms with Gasteiger partial charge in [0.25, 0.3) is 10.2 Å². The smallest absolute Gasteiger partial charge is 0.379 e. The molecule has 2 aliphatic rings. The van der Waals surface area contributed by atoms with Gasteiger partial charge in [-0.15, -0.1) is 0 Å². The number of halogens is 3. The summed E-state index contributed by atoms with van der Waals surface area (Å²) in [5.74, 6) is -1.59. The highest BCUT2D eigenvalue weighted by Crippen LogP contribution is 2.33. The molecule has 0 unspecified atom stereocenters. The number of benzene rings is 1. The van der Waals surface area contributed by atoms with Crippen molar-refractivity contribution in [1.82, 2.24) is 18.8 Å². The number of aromatic nitrogens is 2. The topological polar surface area (TPSA) is 88.8 Å². The van der Waals surface area contributed by atoms with Gasteiger partial charge in [0.2, 0.25) is 5.82 Å². The van der Waals surface area contributed by atoms with Gasteiger partial charge < -0.3 is 9.26 Å². The van der Waals surface area contributed by atoms with E-state index in [4.69, 9.17) is 4.74 Å². The third-order valence-corrected chi connectivity index (χ3v) is 6.80. The van der Waals surface area contributed by atoms with Crippen molar-refractivity contribution in [1.29, 1.82) is 0 Å². The number of alkyl halides is 3. The summed E-state index contributed by atoms with van der Waals surface area (Å²) >= 11 is 0. The summed E-state index contributed by atoms with van der Waals surface area (Å²) in [7, 11) is -3.61. The van der Waals surface area contributed by atoms with E-state index < -0.39 is 22.3 Å². The molecular formula is C17H19F3N4O4S. The van der Waals surface area contributed by atoms with E-state index in [-0.39, 0.29) is 18.4 Å². The Bertz CT molecular complexity index is 952. The van der Waals surface area contributed by atoms with Crippen molar-refractivity contribution in [2.24, 2.45) is 0 Å². The van der Waals surface area contributed by atoms with Gasteiger partial charge >= 0.3 is 12.1 Å². The first kappa shape index (κ1) is 20.3. The third kappa shape index (κ3) is 4.44. The monoisotopic (exact) mass is 432 g/mol. The Morgan fingerprint density at radius 1 is 1.14 bits per heavy atom. The normalized spacial score (nSPS) is 19.0. The van der Waals surface area contributed by atoms with Gasteiger partial charge in [0.1, 0.15) is 0 Å². The molecule has 1 saturated carbocycles. The van der Waals surface area contributed by atoms with Crippen molar-refractivity contribution in [3.63, 3.8) is 0 Å². The summed E-state index contributed by atoms with van der Waals surface area (Å²) in [5, 5.41) is 3.35. The second-order valence-electron chi connectivity index (χ2n) is 6.91. The van der Waals surface area contributed by atoms with Crippen LogP contribution in [0.1, 0.15) is 24.3 Å². The van der Waals surface area contributed by atoms with Crippen LogP contribution < -0.4 is 0 Å². The minimum absolute atomic E-state index is 0.0333. The molecule has 1 saturated heterocycles. The van der Waals surface area contributed by atoms with E-state index in [0.717, 1.165) is 18.4 Å². The standard InChI is InChI=1S/C17H19F3N4O4S/c18-17(19,20)16-21-15(22-28-16)13-3-1-12(2-4-13)11-24(14-5-6-14)29(25,26)23-7-9-27-10-8-23/h1-4,14H,5-11H2. The highest BCUT2D eigenvalue weighted by molar-refractivity contribution is 7.86. The summed E-state index contributed by atoms with van der Waals surface area (Å²) < 4.78 is 76.2. The maximum atomic E-state index is 13.0. The molecule has 0 N–H and O–H groups in total. The summed E-state index contributed by atoms with van der Waals surface area (Å²) in [6, 6.07) is 6.38. The Kier molecular flexibility index (Phi) is 5.36. The average molecular weight is 432 g/mol. The summed E-state index contributed by atoms with van der Waals surface area (Å²) in [6.45, 7) is 1.58. The van der Waals surface area contributed by atoms with Crippen molar-refractivity contribution in [3.8, 4) is 11.4 Å². The first-order chi connectivity index (χ1) is 13.7. The summed E-state index contributed by atoms with van der Waals surface area (Å²) in [6.07, 6.45) is -3.08. The first-order valence-electron chi connectivity index (χ1n) is 9.10. The Balaban J connectivity index is 1.50. The molecular weight excluding hydrogens is 413 g/mol. The molecule has 0 bridgehead atoms. The lowest BCUT2D eigenvalue weighted by atomic mass is 10.1. The lowest BCUT2D eigenvalue weighted by molar-refractivity contribution is -0.159. The SMILES string of the molecule is O=S(=O)(N1CCOCC1)N(Cc1ccc(-c2noc(C(F)(F)F)n2)cc1)C1CC1. The second-order valence-corrected chi connectivity index (χ2v) is 8.79. The quantitative estimate of drug-likeness (QED) is 0.696. The molecule has 2 fully saturated rings. The minimum Gasteiger partial charge on any atom is -0.379 e. The van der Waals surface area contributed by atoms with E-state index >= 15 is 0 Å². The van der Waals surface area contributed by atoms with Crippen LogP contribution in [0, 0.1) is 0 Å². The molecule has 1 aliphatic heterocycles. The van der Waals surface area contributed by atoms with E-state index in [0.29, 0.717) is 31.9 Å². The molecule has 2 heterocycles. The number of morpholine rings is 1. The second kappa shape index (κ2) is 7.67. The van der Waals surface area contributed by atoms with Gasteiger partial charge in [-0.05, 0) is 18.4 Å². The molecule has 12 heteroatoms. The number of hydrogen-bond donors (Lipinski definition) is 0. The fourth-order valence-electron chi connectivity index (χ4n) is 3.08. The van der Waals surface area contributed by atoms with Crippen LogP contribution in [0.2, 0.25) is 0 Å². The molecule has 0 radical (unpaired) electrons. The van der Waals surface area contributed by atoms with Crippen LogP contribution in [-0.4, -0.2) is 59.5 Å². The van der Waals surface area contributed by atoms with E-state index in [1.807, 2.05) is 0 Å². The van der Waals surface area contributed by atoms with Crippen LogP contribution in [0.15, 0.2) is 28.8 Å². The average Bonchev–Trinajstić information content (AvgIpc) is 3.40. The Hall–Kier alpha value is -2.02. The minimum atomic E-state index is -4.70. The summed E-state index contributed by atoms with van der Waals surface area (Å²) in [4.78, 5) is 3.35. The van der Waals surface area contributed by atoms with E-state index in [1.165, 1.54) is 8.61 Å². The van der Waals surface area contributed by atoms with Gasteiger partial charge in [0, 0.05) is 31.2 Å². The van der Waals surface area contributed by atoms with Crippen LogP contribution in [0.3, 0.4) is 0 Å². The predicted octanol–water partition coefficient (Wildman–Crippen LogP) is 2.30. The summed E-state index contributed by atoms with van der Waals surface area (Å²) in [5.41, 5.74) is 1.07. The zero-order valence-corrected chi connectivity index (χ0v) is 16.1. The van der Waals surface area contributed by atoms with Crippen LogP contribution in [0.25, 0.3) is 11.4 Å². The lowest BCUT2D eigenvalue weighted by Gasteiger charge is -2.32. The zero-order valence-electron chi connectivity index (χ0n) is 15.3. The molecule has 1 aromatic carbocycles. The van der Waals surface area contributed by atoms with Crippen LogP contribution in [0.5, 0.6) is 0 Å². The predicted molar refractivity (Wildman–Crippen MR) is 94.6 cm³/mol. The Labute approximate surface area is 165 Å². The number of ether oxygens (including phenoxy) is 1. The highest BCUT2D eigenvalue weighted by Gasteiger charge is 2.41. The van der Waals surface area contributed by atoms with Gasteiger partial charge in [0.05, 0.1) is 13.2 Å². The molecule has 29 heavy (non-hydrogen) atoms. The Morgan fingerprint density at radius 2 is 1.79 bits per heavy atom. The molecule has 0 atom stereocenters. The first-order valence-corrected chi connectivity index (χ1v) is 10.5. The van der Waals surface area contributed by atoms with Gasteiger partial charge in [-0.25, -0.2) is 0 Å². The van der Waals surface area contributed by atoms with Crippen LogP contribution in [-0.2, 0) is 27.7 Å². The maximum Gasteiger partial charge on any atom is 0.471 e. The molecule has 0 spiro atoms. The van der Waals surface area contributed by atoms with E-state index in [9.17, 15) is 21.6 Å². The molecule has 1 aromatic heterocycles. The number of rotatable bonds is 6. The fourth-order valence-corrected chi connectivity index (χ4v) is 4.89. The van der Waals surface area contributed by atoms with Gasteiger partial charge in [0.15, 0.2) is 0 Å². The van der Waals surface area contributed by atoms with Gasteiger partial charge in [-0.1, -0.05) is 29.4 Å². The van der Waals surface area contributed by atoms with E-state index in [2.05, 4.69) is 14.7 Å². The van der Waals surface area contributed by atoms with Crippen molar-refractivity contribution >= 4 is 10.2 Å². The van der Waals surface area contributed by atoms with Crippen LogP contribution >= 0.6 is 0 Å². The molecule has 158 valence electrons. The molecule has 2 aromatic rings. The third-order valence-electron chi connectivity index (χ3n) is 4.77. The maximum absolute atomic E-state index is 13.0. The van der Waals surface area contributed by atoms with Crippen molar-refractivity contribution in [2.75, 3.05) is 26.3 Å². The van der Waals surface area contributed by atoms with Gasteiger partial charge in [-0.2, -0.15) is 35.2 Å². The van der Waals surface area contributed by atoms with Crippen molar-refractivity contribution in [3.05, 3.63) is 35.7 Å². The lowest BCUT2D eigenvalue weighted by Crippen LogP contribution is -2.49. The molecule has 1 aliphatic carbocycles. The molecule has 8 nitrogen and oxygen atoms in total. The highest BCUT2D eigenvalue weighted by atomic mass is 32.2. The zero-order chi connectivity index (χ0) is 20.6. The molecule has 0 amide bonds. The van der Waals surface area contributed by atoms with Gasteiger partial charge in [-0.3, -0.25) is 0 Å². The number of hydrogen-bond acceptors (Lipinski definition) is 6.